The van der Waals surface area contributed by atoms with Gasteiger partial charge in [0, 0.05) is 30.8 Å². The van der Waals surface area contributed by atoms with Crippen molar-refractivity contribution in [3.63, 3.8) is 0 Å². The maximum absolute atomic E-state index is 5.28. The average molecular weight is 399 g/mol. The molecule has 2 aromatic carbocycles. The Morgan fingerprint density at radius 2 is 1.87 bits per heavy atom. The van der Waals surface area contributed by atoms with Gasteiger partial charge < -0.3 is 4.74 Å². The van der Waals surface area contributed by atoms with Crippen molar-refractivity contribution in [2.75, 3.05) is 20.2 Å². The first-order valence-corrected chi connectivity index (χ1v) is 10.5. The summed E-state index contributed by atoms with van der Waals surface area (Å²) in [5.74, 6) is 1.31. The molecule has 1 fully saturated rings. The number of likely N-dealkylation sites (tertiary alicyclic amines) is 1. The largest absolute Gasteiger partial charge is 0.497 e. The molecule has 0 amide bonds. The number of nitrogens with zero attached hydrogens (tertiary/aromatic N) is 4. The van der Waals surface area contributed by atoms with Gasteiger partial charge in [0.2, 0.25) is 0 Å². The zero-order valence-electron chi connectivity index (χ0n) is 17.2. The van der Waals surface area contributed by atoms with Gasteiger partial charge in [0.15, 0.2) is 5.65 Å². The van der Waals surface area contributed by atoms with Crippen LogP contribution in [0.15, 0.2) is 73.1 Å². The second-order valence-corrected chi connectivity index (χ2v) is 7.95. The molecule has 1 atom stereocenters. The molecule has 0 spiro atoms. The minimum atomic E-state index is 0.455. The van der Waals surface area contributed by atoms with E-state index in [9.17, 15) is 0 Å². The van der Waals surface area contributed by atoms with E-state index in [4.69, 9.17) is 9.84 Å². The normalized spacial score (nSPS) is 17.3. The minimum absolute atomic E-state index is 0.455. The van der Waals surface area contributed by atoms with E-state index in [1.165, 1.54) is 24.1 Å². The summed E-state index contributed by atoms with van der Waals surface area (Å²) < 4.78 is 7.32. The third kappa shape index (κ3) is 3.68. The number of fused-ring (bicyclic) bond motifs is 1. The molecule has 5 rings (SSSR count). The number of piperidine rings is 1. The summed E-state index contributed by atoms with van der Waals surface area (Å²) in [7, 11) is 1.68. The molecule has 152 valence electrons. The maximum atomic E-state index is 5.28. The van der Waals surface area contributed by atoms with E-state index in [-0.39, 0.29) is 0 Å². The van der Waals surface area contributed by atoms with Crippen molar-refractivity contribution in [1.82, 2.24) is 19.5 Å². The van der Waals surface area contributed by atoms with Crippen LogP contribution in [0, 0.1) is 0 Å². The number of benzene rings is 2. The Bertz CT molecular complexity index is 1120. The molecule has 1 saturated heterocycles. The fourth-order valence-electron chi connectivity index (χ4n) is 4.48. The average Bonchev–Trinajstić information content (AvgIpc) is 3.24. The van der Waals surface area contributed by atoms with Crippen molar-refractivity contribution < 1.29 is 4.74 Å². The third-order valence-electron chi connectivity index (χ3n) is 6.00. The number of hydrogen-bond acceptors (Lipinski definition) is 4. The van der Waals surface area contributed by atoms with Gasteiger partial charge in [-0.1, -0.05) is 42.5 Å². The van der Waals surface area contributed by atoms with E-state index in [0.717, 1.165) is 42.2 Å². The van der Waals surface area contributed by atoms with Crippen molar-refractivity contribution in [2.45, 2.75) is 25.3 Å². The van der Waals surface area contributed by atoms with E-state index < -0.39 is 0 Å². The first kappa shape index (κ1) is 18.8. The molecule has 0 saturated carbocycles. The molecule has 1 aliphatic rings. The van der Waals surface area contributed by atoms with Crippen LogP contribution in [0.2, 0.25) is 0 Å². The fourth-order valence-corrected chi connectivity index (χ4v) is 4.48. The Morgan fingerprint density at radius 1 is 1.03 bits per heavy atom. The number of ether oxygens (including phenoxy) is 1. The lowest BCUT2D eigenvalue weighted by molar-refractivity contribution is 0.197. The molecule has 2 aromatic heterocycles. The molecule has 0 bridgehead atoms. The summed E-state index contributed by atoms with van der Waals surface area (Å²) in [5.41, 5.74) is 5.69. The first-order chi connectivity index (χ1) is 14.8. The Labute approximate surface area is 176 Å². The van der Waals surface area contributed by atoms with Crippen LogP contribution in [0.5, 0.6) is 5.75 Å². The summed E-state index contributed by atoms with van der Waals surface area (Å²) in [5, 5.41) is 4.73. The summed E-state index contributed by atoms with van der Waals surface area (Å²) in [6, 6.07) is 20.9. The van der Waals surface area contributed by atoms with Crippen LogP contribution in [0.1, 0.15) is 30.0 Å². The summed E-state index contributed by atoms with van der Waals surface area (Å²) >= 11 is 0. The zero-order chi connectivity index (χ0) is 20.3. The van der Waals surface area contributed by atoms with Gasteiger partial charge >= 0.3 is 0 Å². The van der Waals surface area contributed by atoms with Crippen molar-refractivity contribution in [1.29, 1.82) is 0 Å². The topological polar surface area (TPSA) is 42.7 Å². The number of hydrogen-bond donors (Lipinski definition) is 0. The number of methoxy groups -OCH3 is 1. The van der Waals surface area contributed by atoms with Crippen molar-refractivity contribution >= 4 is 5.65 Å². The first-order valence-electron chi connectivity index (χ1n) is 10.5. The third-order valence-corrected chi connectivity index (χ3v) is 6.00. The highest BCUT2D eigenvalue weighted by Gasteiger charge is 2.24. The van der Waals surface area contributed by atoms with Crippen LogP contribution in [0.3, 0.4) is 0 Å². The maximum Gasteiger partial charge on any atom is 0.163 e. The van der Waals surface area contributed by atoms with Crippen LogP contribution in [0.4, 0.5) is 0 Å². The van der Waals surface area contributed by atoms with Gasteiger partial charge in [-0.2, -0.15) is 5.10 Å². The lowest BCUT2D eigenvalue weighted by atomic mass is 9.94. The molecule has 0 N–H and O–H groups in total. The Hall–Kier alpha value is -3.18. The van der Waals surface area contributed by atoms with Gasteiger partial charge in [-0.05, 0) is 48.7 Å². The summed E-state index contributed by atoms with van der Waals surface area (Å²) in [6.45, 7) is 3.20. The van der Waals surface area contributed by atoms with E-state index in [2.05, 4.69) is 58.4 Å². The van der Waals surface area contributed by atoms with E-state index in [1.54, 1.807) is 7.11 Å². The van der Waals surface area contributed by atoms with Crippen LogP contribution >= 0.6 is 0 Å². The second kappa shape index (κ2) is 8.28. The zero-order valence-corrected chi connectivity index (χ0v) is 17.2. The van der Waals surface area contributed by atoms with Gasteiger partial charge in [0.25, 0.3) is 0 Å². The van der Waals surface area contributed by atoms with Crippen LogP contribution < -0.4 is 4.74 Å². The number of aromatic nitrogens is 3. The lowest BCUT2D eigenvalue weighted by Gasteiger charge is -2.33. The molecular formula is C25H26N4O. The highest BCUT2D eigenvalue weighted by atomic mass is 16.5. The van der Waals surface area contributed by atoms with Gasteiger partial charge in [-0.15, -0.1) is 0 Å². The molecule has 5 nitrogen and oxygen atoms in total. The molecular weight excluding hydrogens is 372 g/mol. The van der Waals surface area contributed by atoms with Crippen LogP contribution in [0.25, 0.3) is 16.8 Å². The fraction of sp³-hybridized carbons (Fsp3) is 0.280. The van der Waals surface area contributed by atoms with Crippen molar-refractivity contribution in [3.05, 3.63) is 84.3 Å². The smallest absolute Gasteiger partial charge is 0.163 e. The van der Waals surface area contributed by atoms with E-state index in [1.807, 2.05) is 29.0 Å². The molecule has 3 heterocycles. The quantitative estimate of drug-likeness (QED) is 0.485. The molecule has 4 aromatic rings. The molecule has 1 unspecified atom stereocenters. The summed E-state index contributed by atoms with van der Waals surface area (Å²) in [4.78, 5) is 7.22. The molecule has 0 radical (unpaired) electrons. The Kier molecular flexibility index (Phi) is 5.20. The molecule has 0 aliphatic carbocycles. The predicted octanol–water partition coefficient (Wildman–Crippen LogP) is 4.78. The highest BCUT2D eigenvalue weighted by molar-refractivity contribution is 5.77. The Morgan fingerprint density at radius 3 is 2.67 bits per heavy atom. The van der Waals surface area contributed by atoms with Gasteiger partial charge in [0.05, 0.1) is 19.0 Å². The standard InChI is InChI=1S/C25H26N4O/c1-30-22-11-9-20(10-12-22)23-16-27-29-24(13-14-26-25(23)29)21-8-5-15-28(18-21)17-19-6-3-2-4-7-19/h2-4,6-7,9-14,16,21H,5,8,15,17-18H2,1H3. The predicted molar refractivity (Wildman–Crippen MR) is 119 cm³/mol. The lowest BCUT2D eigenvalue weighted by Crippen LogP contribution is -2.34. The van der Waals surface area contributed by atoms with Gasteiger partial charge in [0.1, 0.15) is 5.75 Å². The molecule has 5 heteroatoms. The number of rotatable bonds is 5. The SMILES string of the molecule is COc1ccc(-c2cnn3c(C4CCCN(Cc5ccccc5)C4)ccnc23)cc1. The van der Waals surface area contributed by atoms with Crippen molar-refractivity contribution in [2.24, 2.45) is 0 Å². The molecule has 30 heavy (non-hydrogen) atoms. The second-order valence-electron chi connectivity index (χ2n) is 7.95. The molecule has 1 aliphatic heterocycles. The van der Waals surface area contributed by atoms with Crippen molar-refractivity contribution in [3.8, 4) is 16.9 Å². The van der Waals surface area contributed by atoms with E-state index >= 15 is 0 Å². The van der Waals surface area contributed by atoms with Gasteiger partial charge in [-0.25, -0.2) is 9.50 Å². The Balaban J connectivity index is 1.42. The monoisotopic (exact) mass is 398 g/mol. The van der Waals surface area contributed by atoms with E-state index in [0.29, 0.717) is 5.92 Å². The highest BCUT2D eigenvalue weighted by Crippen LogP contribution is 2.31. The van der Waals surface area contributed by atoms with Crippen LogP contribution in [-0.4, -0.2) is 39.7 Å². The minimum Gasteiger partial charge on any atom is -0.497 e. The van der Waals surface area contributed by atoms with Crippen LogP contribution in [-0.2, 0) is 6.54 Å². The summed E-state index contributed by atoms with van der Waals surface area (Å²) in [6.07, 6.45) is 6.24. The van der Waals surface area contributed by atoms with Gasteiger partial charge in [-0.3, -0.25) is 4.90 Å².